The predicted octanol–water partition coefficient (Wildman–Crippen LogP) is 4.63. The molecule has 2 heterocycles. The van der Waals surface area contributed by atoms with Crippen molar-refractivity contribution in [2.24, 2.45) is 5.10 Å². The molecule has 0 aliphatic carbocycles. The summed E-state index contributed by atoms with van der Waals surface area (Å²) >= 11 is 7.32. The third-order valence-electron chi connectivity index (χ3n) is 4.88. The van der Waals surface area contributed by atoms with Crippen molar-refractivity contribution in [2.45, 2.75) is 12.1 Å². The van der Waals surface area contributed by atoms with Crippen molar-refractivity contribution < 1.29 is 14.3 Å². The van der Waals surface area contributed by atoms with Gasteiger partial charge in [0.1, 0.15) is 0 Å². The van der Waals surface area contributed by atoms with Crippen LogP contribution in [0, 0.1) is 0 Å². The number of rotatable bonds is 10. The number of nitrogens with zero attached hydrogens (tertiary/aromatic N) is 5. The van der Waals surface area contributed by atoms with Gasteiger partial charge in [-0.1, -0.05) is 23.4 Å². The van der Waals surface area contributed by atoms with E-state index in [0.29, 0.717) is 34.1 Å². The van der Waals surface area contributed by atoms with Gasteiger partial charge in [0.05, 0.1) is 25.7 Å². The fraction of sp³-hybridized carbons (Fsp3) is 0.160. The van der Waals surface area contributed by atoms with E-state index in [1.165, 1.54) is 11.8 Å². The van der Waals surface area contributed by atoms with E-state index in [2.05, 4.69) is 25.7 Å². The van der Waals surface area contributed by atoms with Crippen LogP contribution in [0.2, 0.25) is 5.02 Å². The van der Waals surface area contributed by atoms with Crippen LogP contribution in [0.25, 0.3) is 17.1 Å². The molecule has 9 nitrogen and oxygen atoms in total. The van der Waals surface area contributed by atoms with E-state index >= 15 is 0 Å². The number of aromatic nitrogens is 4. The van der Waals surface area contributed by atoms with Gasteiger partial charge in [-0.25, -0.2) is 5.43 Å². The Hall–Kier alpha value is -3.89. The number of halogens is 1. The molecule has 0 saturated carbocycles. The number of nitrogens with one attached hydrogen (secondary N) is 1. The number of methoxy groups -OCH3 is 1. The second-order valence-corrected chi connectivity index (χ2v) is 8.66. The third-order valence-corrected chi connectivity index (χ3v) is 6.06. The molecular weight excluding hydrogens is 500 g/mol. The van der Waals surface area contributed by atoms with Crippen LogP contribution in [0.4, 0.5) is 0 Å². The van der Waals surface area contributed by atoms with Gasteiger partial charge in [-0.15, -0.1) is 10.2 Å². The van der Waals surface area contributed by atoms with E-state index < -0.39 is 0 Å². The van der Waals surface area contributed by atoms with Crippen LogP contribution in [-0.2, 0) is 4.79 Å². The van der Waals surface area contributed by atoms with Crippen LogP contribution < -0.4 is 14.9 Å². The van der Waals surface area contributed by atoms with Gasteiger partial charge < -0.3 is 9.47 Å². The Morgan fingerprint density at radius 2 is 1.89 bits per heavy atom. The average molecular weight is 523 g/mol. The molecule has 0 spiro atoms. The molecule has 184 valence electrons. The topological polar surface area (TPSA) is 104 Å². The molecule has 4 rings (SSSR count). The molecule has 11 heteroatoms. The lowest BCUT2D eigenvalue weighted by atomic mass is 10.2. The molecule has 0 aliphatic rings. The minimum absolute atomic E-state index is 0.0893. The number of hydrogen-bond donors (Lipinski definition) is 1. The molecule has 0 aliphatic heterocycles. The highest BCUT2D eigenvalue weighted by Crippen LogP contribution is 2.29. The quantitative estimate of drug-likeness (QED) is 0.184. The highest BCUT2D eigenvalue weighted by molar-refractivity contribution is 7.99. The standard InChI is InChI=1S/C25H23ClN6O3S/c1-3-35-21-9-4-17(14-22(21)34-2)15-28-29-23(33)16-36-25-31-30-24(18-10-12-27-13-11-18)32(25)20-7-5-19(26)6-8-20/h4-15H,3,16H2,1-2H3,(H,29,33)/b28-15+. The van der Waals surface area contributed by atoms with Crippen LogP contribution in [0.3, 0.4) is 0 Å². The lowest BCUT2D eigenvalue weighted by molar-refractivity contribution is -0.118. The zero-order valence-corrected chi connectivity index (χ0v) is 21.2. The van der Waals surface area contributed by atoms with E-state index in [0.717, 1.165) is 16.8 Å². The van der Waals surface area contributed by atoms with E-state index in [4.69, 9.17) is 21.1 Å². The predicted molar refractivity (Wildman–Crippen MR) is 140 cm³/mol. The zero-order chi connectivity index (χ0) is 25.3. The Morgan fingerprint density at radius 1 is 1.11 bits per heavy atom. The Bertz CT molecular complexity index is 1350. The summed E-state index contributed by atoms with van der Waals surface area (Å²) in [7, 11) is 1.57. The van der Waals surface area contributed by atoms with Gasteiger partial charge in [0.15, 0.2) is 22.5 Å². The lowest BCUT2D eigenvalue weighted by Crippen LogP contribution is -2.20. The second-order valence-electron chi connectivity index (χ2n) is 7.28. The van der Waals surface area contributed by atoms with Crippen LogP contribution in [0.1, 0.15) is 12.5 Å². The molecule has 4 aromatic rings. The summed E-state index contributed by atoms with van der Waals surface area (Å²) in [4.78, 5) is 16.5. The van der Waals surface area contributed by atoms with Gasteiger partial charge in [-0.05, 0) is 67.1 Å². The van der Waals surface area contributed by atoms with Crippen molar-refractivity contribution in [1.29, 1.82) is 0 Å². The van der Waals surface area contributed by atoms with Crippen molar-refractivity contribution in [3.63, 3.8) is 0 Å². The number of pyridine rings is 1. The molecular formula is C25H23ClN6O3S. The van der Waals surface area contributed by atoms with Crippen molar-refractivity contribution >= 4 is 35.5 Å². The van der Waals surface area contributed by atoms with Gasteiger partial charge >= 0.3 is 0 Å². The lowest BCUT2D eigenvalue weighted by Gasteiger charge is -2.10. The van der Waals surface area contributed by atoms with E-state index in [9.17, 15) is 4.79 Å². The second kappa shape index (κ2) is 12.2. The number of ether oxygens (including phenoxy) is 2. The first kappa shape index (κ1) is 25.2. The van der Waals surface area contributed by atoms with E-state index in [-0.39, 0.29) is 11.7 Å². The minimum atomic E-state index is -0.287. The van der Waals surface area contributed by atoms with Crippen LogP contribution in [0.5, 0.6) is 11.5 Å². The zero-order valence-electron chi connectivity index (χ0n) is 19.6. The fourth-order valence-corrected chi connectivity index (χ4v) is 4.12. The van der Waals surface area contributed by atoms with Gasteiger partial charge in [0.2, 0.25) is 0 Å². The van der Waals surface area contributed by atoms with E-state index in [1.807, 2.05) is 41.8 Å². The van der Waals surface area contributed by atoms with Crippen molar-refractivity contribution in [1.82, 2.24) is 25.2 Å². The van der Waals surface area contributed by atoms with Gasteiger partial charge in [0, 0.05) is 28.7 Å². The first-order chi connectivity index (χ1) is 17.6. The highest BCUT2D eigenvalue weighted by atomic mass is 35.5. The fourth-order valence-electron chi connectivity index (χ4n) is 3.25. The van der Waals surface area contributed by atoms with Gasteiger partial charge in [-0.2, -0.15) is 5.10 Å². The maximum Gasteiger partial charge on any atom is 0.250 e. The summed E-state index contributed by atoms with van der Waals surface area (Å²) in [6.45, 7) is 2.44. The van der Waals surface area contributed by atoms with E-state index in [1.54, 1.807) is 50.0 Å². The average Bonchev–Trinajstić information content (AvgIpc) is 3.33. The summed E-state index contributed by atoms with van der Waals surface area (Å²) in [6.07, 6.45) is 4.92. The molecule has 0 saturated heterocycles. The molecule has 1 N–H and O–H groups in total. The number of thioether (sulfide) groups is 1. The van der Waals surface area contributed by atoms with Crippen molar-refractivity contribution in [2.75, 3.05) is 19.5 Å². The SMILES string of the molecule is CCOc1ccc(/C=N/NC(=O)CSc2nnc(-c3ccncc3)n2-c2ccc(Cl)cc2)cc1OC. The summed E-state index contributed by atoms with van der Waals surface area (Å²) in [5.74, 6) is 1.67. The monoisotopic (exact) mass is 522 g/mol. The molecule has 2 aromatic carbocycles. The van der Waals surface area contributed by atoms with Gasteiger partial charge in [-0.3, -0.25) is 14.3 Å². The first-order valence-corrected chi connectivity index (χ1v) is 12.3. The third kappa shape index (κ3) is 6.21. The van der Waals surface area contributed by atoms with Crippen LogP contribution in [0.15, 0.2) is 77.2 Å². The van der Waals surface area contributed by atoms with Gasteiger partial charge in [0.25, 0.3) is 5.91 Å². The minimum Gasteiger partial charge on any atom is -0.493 e. The molecule has 2 aromatic heterocycles. The molecule has 0 atom stereocenters. The van der Waals surface area contributed by atoms with Crippen molar-refractivity contribution in [3.05, 3.63) is 77.6 Å². The van der Waals surface area contributed by atoms with Crippen LogP contribution >= 0.6 is 23.4 Å². The Morgan fingerprint density at radius 3 is 2.61 bits per heavy atom. The highest BCUT2D eigenvalue weighted by Gasteiger charge is 2.17. The number of carbonyl (C=O) groups excluding carboxylic acids is 1. The number of carbonyl (C=O) groups is 1. The molecule has 0 unspecified atom stereocenters. The Labute approximate surface area is 217 Å². The van der Waals surface area contributed by atoms with Crippen molar-refractivity contribution in [3.8, 4) is 28.6 Å². The number of hydrogen-bond acceptors (Lipinski definition) is 8. The Kier molecular flexibility index (Phi) is 8.53. The number of amides is 1. The molecule has 36 heavy (non-hydrogen) atoms. The smallest absolute Gasteiger partial charge is 0.250 e. The number of benzene rings is 2. The molecule has 0 radical (unpaired) electrons. The summed E-state index contributed by atoms with van der Waals surface area (Å²) < 4.78 is 12.7. The molecule has 0 fully saturated rings. The Balaban J connectivity index is 1.45. The maximum atomic E-state index is 12.5. The summed E-state index contributed by atoms with van der Waals surface area (Å²) in [6, 6.07) is 16.4. The number of hydrazone groups is 1. The summed E-state index contributed by atoms with van der Waals surface area (Å²) in [5.41, 5.74) is 4.96. The first-order valence-electron chi connectivity index (χ1n) is 11.0. The molecule has 0 bridgehead atoms. The maximum absolute atomic E-state index is 12.5. The normalized spacial score (nSPS) is 11.0. The largest absolute Gasteiger partial charge is 0.493 e. The summed E-state index contributed by atoms with van der Waals surface area (Å²) in [5, 5.41) is 13.9. The molecule has 1 amide bonds. The van der Waals surface area contributed by atoms with Crippen LogP contribution in [-0.4, -0.2) is 51.3 Å².